The predicted molar refractivity (Wildman–Crippen MR) is 62.5 cm³/mol. The lowest BCUT2D eigenvalue weighted by molar-refractivity contribution is 0.0606. The van der Waals surface area contributed by atoms with E-state index >= 15 is 0 Å². The first-order chi connectivity index (χ1) is 7.02. The van der Waals surface area contributed by atoms with Crippen molar-refractivity contribution >= 4 is 0 Å². The topological polar surface area (TPSA) is 49.5 Å². The standard InChI is InChI=1S/C12H20N2O/c1-12(9-15,14(2)3)11(13)10-7-5-4-6-8-10/h4-8,11,15H,9,13H2,1-3H3. The Balaban J connectivity index is 2.97. The van der Waals surface area contributed by atoms with Gasteiger partial charge in [-0.25, -0.2) is 0 Å². The van der Waals surface area contributed by atoms with Gasteiger partial charge in [-0.2, -0.15) is 0 Å². The van der Waals surface area contributed by atoms with Crippen molar-refractivity contribution in [1.82, 2.24) is 4.90 Å². The summed E-state index contributed by atoms with van der Waals surface area (Å²) in [6.07, 6.45) is 0. The second kappa shape index (κ2) is 4.75. The Morgan fingerprint density at radius 1 is 1.33 bits per heavy atom. The molecule has 0 bridgehead atoms. The molecule has 0 radical (unpaired) electrons. The normalized spacial score (nSPS) is 17.5. The third kappa shape index (κ3) is 2.37. The maximum atomic E-state index is 9.47. The molecule has 0 heterocycles. The number of aliphatic hydroxyl groups excluding tert-OH is 1. The van der Waals surface area contributed by atoms with Gasteiger partial charge in [0.15, 0.2) is 0 Å². The molecule has 0 aliphatic rings. The van der Waals surface area contributed by atoms with Gasteiger partial charge < -0.3 is 15.7 Å². The van der Waals surface area contributed by atoms with Crippen LogP contribution in [0.25, 0.3) is 0 Å². The van der Waals surface area contributed by atoms with Crippen LogP contribution in [-0.2, 0) is 0 Å². The van der Waals surface area contributed by atoms with E-state index < -0.39 is 5.54 Å². The predicted octanol–water partition coefficient (Wildman–Crippen LogP) is 0.999. The number of likely N-dealkylation sites (N-methyl/N-ethyl adjacent to an activating group) is 1. The summed E-state index contributed by atoms with van der Waals surface area (Å²) in [7, 11) is 3.86. The number of hydrogen-bond acceptors (Lipinski definition) is 3. The molecule has 2 atom stereocenters. The highest BCUT2D eigenvalue weighted by molar-refractivity contribution is 5.22. The highest BCUT2D eigenvalue weighted by Gasteiger charge is 2.34. The van der Waals surface area contributed by atoms with Crippen LogP contribution in [0.15, 0.2) is 30.3 Å². The van der Waals surface area contributed by atoms with Crippen molar-refractivity contribution in [2.24, 2.45) is 5.73 Å². The average Bonchev–Trinajstić information content (AvgIpc) is 2.28. The van der Waals surface area contributed by atoms with Crippen LogP contribution < -0.4 is 5.73 Å². The molecule has 0 aliphatic carbocycles. The lowest BCUT2D eigenvalue weighted by Crippen LogP contribution is -2.52. The molecule has 0 fully saturated rings. The Hall–Kier alpha value is -0.900. The Morgan fingerprint density at radius 3 is 2.27 bits per heavy atom. The third-order valence-electron chi connectivity index (χ3n) is 3.17. The monoisotopic (exact) mass is 208 g/mol. The first-order valence-electron chi connectivity index (χ1n) is 5.11. The molecule has 3 nitrogen and oxygen atoms in total. The third-order valence-corrected chi connectivity index (χ3v) is 3.17. The summed E-state index contributed by atoms with van der Waals surface area (Å²) < 4.78 is 0. The van der Waals surface area contributed by atoms with Gasteiger partial charge in [0.05, 0.1) is 18.2 Å². The smallest absolute Gasteiger partial charge is 0.0631 e. The maximum absolute atomic E-state index is 9.47. The van der Waals surface area contributed by atoms with Crippen molar-refractivity contribution in [3.63, 3.8) is 0 Å². The Kier molecular flexibility index (Phi) is 3.85. The van der Waals surface area contributed by atoms with E-state index in [1.807, 2.05) is 56.3 Å². The summed E-state index contributed by atoms with van der Waals surface area (Å²) >= 11 is 0. The molecular weight excluding hydrogens is 188 g/mol. The van der Waals surface area contributed by atoms with Gasteiger partial charge in [0.2, 0.25) is 0 Å². The molecule has 0 aromatic heterocycles. The molecule has 0 spiro atoms. The first kappa shape index (κ1) is 12.2. The lowest BCUT2D eigenvalue weighted by Gasteiger charge is -2.40. The number of benzene rings is 1. The fourth-order valence-electron chi connectivity index (χ4n) is 1.54. The second-order valence-corrected chi connectivity index (χ2v) is 4.30. The summed E-state index contributed by atoms with van der Waals surface area (Å²) in [5.74, 6) is 0. The number of hydrogen-bond donors (Lipinski definition) is 2. The zero-order chi connectivity index (χ0) is 11.5. The van der Waals surface area contributed by atoms with E-state index in [-0.39, 0.29) is 12.6 Å². The van der Waals surface area contributed by atoms with E-state index in [4.69, 9.17) is 5.73 Å². The van der Waals surface area contributed by atoms with Crippen LogP contribution in [0.2, 0.25) is 0 Å². The van der Waals surface area contributed by atoms with Crippen molar-refractivity contribution in [3.05, 3.63) is 35.9 Å². The minimum Gasteiger partial charge on any atom is -0.394 e. The molecule has 2 unspecified atom stereocenters. The molecule has 1 aromatic carbocycles. The Morgan fingerprint density at radius 2 is 1.87 bits per heavy atom. The number of nitrogens with zero attached hydrogens (tertiary/aromatic N) is 1. The van der Waals surface area contributed by atoms with Crippen LogP contribution in [0.5, 0.6) is 0 Å². The van der Waals surface area contributed by atoms with Crippen LogP contribution in [0.1, 0.15) is 18.5 Å². The molecule has 15 heavy (non-hydrogen) atoms. The molecule has 1 rings (SSSR count). The van der Waals surface area contributed by atoms with Crippen molar-refractivity contribution in [1.29, 1.82) is 0 Å². The highest BCUT2D eigenvalue weighted by Crippen LogP contribution is 2.26. The molecule has 1 aromatic rings. The van der Waals surface area contributed by atoms with Crippen molar-refractivity contribution in [2.45, 2.75) is 18.5 Å². The van der Waals surface area contributed by atoms with E-state index in [1.165, 1.54) is 0 Å². The quantitative estimate of drug-likeness (QED) is 0.776. The van der Waals surface area contributed by atoms with Gasteiger partial charge >= 0.3 is 0 Å². The van der Waals surface area contributed by atoms with Gasteiger partial charge in [-0.05, 0) is 26.6 Å². The van der Waals surface area contributed by atoms with Gasteiger partial charge in [-0.3, -0.25) is 0 Å². The molecule has 0 aliphatic heterocycles. The largest absolute Gasteiger partial charge is 0.394 e. The number of rotatable bonds is 4. The SMILES string of the molecule is CN(C)C(C)(CO)C(N)c1ccccc1. The van der Waals surface area contributed by atoms with Gasteiger partial charge in [-0.15, -0.1) is 0 Å². The van der Waals surface area contributed by atoms with E-state index in [1.54, 1.807) is 0 Å². The zero-order valence-corrected chi connectivity index (χ0v) is 9.64. The van der Waals surface area contributed by atoms with Crippen molar-refractivity contribution in [2.75, 3.05) is 20.7 Å². The summed E-state index contributed by atoms with van der Waals surface area (Å²) in [4.78, 5) is 1.96. The van der Waals surface area contributed by atoms with Crippen LogP contribution >= 0.6 is 0 Å². The van der Waals surface area contributed by atoms with Gasteiger partial charge in [0, 0.05) is 0 Å². The van der Waals surface area contributed by atoms with Gasteiger partial charge in [0.1, 0.15) is 0 Å². The van der Waals surface area contributed by atoms with Gasteiger partial charge in [-0.1, -0.05) is 30.3 Å². The first-order valence-corrected chi connectivity index (χ1v) is 5.11. The van der Waals surface area contributed by atoms with E-state index in [0.717, 1.165) is 5.56 Å². The summed E-state index contributed by atoms with van der Waals surface area (Å²) in [5.41, 5.74) is 6.80. The van der Waals surface area contributed by atoms with Crippen molar-refractivity contribution in [3.8, 4) is 0 Å². The minimum atomic E-state index is -0.429. The molecule has 0 saturated heterocycles. The molecule has 0 saturated carbocycles. The molecule has 0 amide bonds. The molecular formula is C12H20N2O. The van der Waals surface area contributed by atoms with Crippen LogP contribution in [0.3, 0.4) is 0 Å². The van der Waals surface area contributed by atoms with Gasteiger partial charge in [0.25, 0.3) is 0 Å². The van der Waals surface area contributed by atoms with E-state index in [9.17, 15) is 5.11 Å². The summed E-state index contributed by atoms with van der Waals surface area (Å²) in [5, 5.41) is 9.47. The summed E-state index contributed by atoms with van der Waals surface area (Å²) in [6, 6.07) is 9.66. The molecule has 84 valence electrons. The number of nitrogens with two attached hydrogens (primary N) is 1. The fourth-order valence-corrected chi connectivity index (χ4v) is 1.54. The summed E-state index contributed by atoms with van der Waals surface area (Å²) in [6.45, 7) is 2.00. The lowest BCUT2D eigenvalue weighted by atomic mass is 9.87. The Bertz CT molecular complexity index is 300. The van der Waals surface area contributed by atoms with Crippen molar-refractivity contribution < 1.29 is 5.11 Å². The van der Waals surface area contributed by atoms with E-state index in [2.05, 4.69) is 0 Å². The van der Waals surface area contributed by atoms with E-state index in [0.29, 0.717) is 0 Å². The molecule has 3 heteroatoms. The van der Waals surface area contributed by atoms with Crippen LogP contribution in [0, 0.1) is 0 Å². The highest BCUT2D eigenvalue weighted by atomic mass is 16.3. The zero-order valence-electron chi connectivity index (χ0n) is 9.64. The molecule has 3 N–H and O–H groups in total. The Labute approximate surface area is 91.5 Å². The van der Waals surface area contributed by atoms with Crippen LogP contribution in [0.4, 0.5) is 0 Å². The fraction of sp³-hybridized carbons (Fsp3) is 0.500. The second-order valence-electron chi connectivity index (χ2n) is 4.30. The average molecular weight is 208 g/mol. The minimum absolute atomic E-state index is 0.0378. The maximum Gasteiger partial charge on any atom is 0.0631 e. The number of aliphatic hydroxyl groups is 1. The van der Waals surface area contributed by atoms with Crippen LogP contribution in [-0.4, -0.2) is 36.2 Å².